The van der Waals surface area contributed by atoms with Gasteiger partial charge in [0, 0.05) is 5.02 Å². The second-order valence-electron chi connectivity index (χ2n) is 5.29. The number of hydrogen-bond acceptors (Lipinski definition) is 2. The van der Waals surface area contributed by atoms with Gasteiger partial charge in [0.2, 0.25) is 0 Å². The second-order valence-corrected chi connectivity index (χ2v) is 6.47. The summed E-state index contributed by atoms with van der Waals surface area (Å²) >= 11 is 9.79. The van der Waals surface area contributed by atoms with E-state index in [0.29, 0.717) is 0 Å². The lowest BCUT2D eigenvalue weighted by Gasteiger charge is -2.23. The Labute approximate surface area is 129 Å². The van der Waals surface area contributed by atoms with E-state index in [-0.39, 0.29) is 0 Å². The monoisotopic (exact) mass is 345 g/mol. The van der Waals surface area contributed by atoms with Gasteiger partial charge in [0.05, 0.1) is 11.1 Å². The lowest BCUT2D eigenvalue weighted by Crippen LogP contribution is -2.30. The first kappa shape index (κ1) is 15.1. The van der Waals surface area contributed by atoms with E-state index in [0.717, 1.165) is 51.9 Å². The van der Waals surface area contributed by atoms with Gasteiger partial charge in [-0.05, 0) is 85.2 Å². The molecular formula is C15H21BrClNO. The number of piperidine rings is 1. The van der Waals surface area contributed by atoms with E-state index in [2.05, 4.69) is 21.2 Å². The highest BCUT2D eigenvalue weighted by molar-refractivity contribution is 9.10. The van der Waals surface area contributed by atoms with Gasteiger partial charge in [-0.2, -0.15) is 0 Å². The zero-order valence-electron chi connectivity index (χ0n) is 11.6. The molecule has 2 nitrogen and oxygen atoms in total. The van der Waals surface area contributed by atoms with Crippen LogP contribution in [-0.2, 0) is 0 Å². The van der Waals surface area contributed by atoms with Crippen LogP contribution in [-0.4, -0.2) is 19.7 Å². The molecule has 1 aliphatic heterocycles. The normalized spacial score (nSPS) is 19.5. The molecule has 2 rings (SSSR count). The Kier molecular flexibility index (Phi) is 5.55. The molecule has 0 radical (unpaired) electrons. The summed E-state index contributed by atoms with van der Waals surface area (Å²) in [4.78, 5) is 0. The highest BCUT2D eigenvalue weighted by atomic mass is 79.9. The molecule has 0 saturated carbocycles. The third kappa shape index (κ3) is 3.87. The number of aryl methyl sites for hydroxylation is 1. The van der Waals surface area contributed by atoms with Crippen LogP contribution in [0.2, 0.25) is 5.02 Å². The van der Waals surface area contributed by atoms with E-state index < -0.39 is 0 Å². The fourth-order valence-corrected chi connectivity index (χ4v) is 3.20. The van der Waals surface area contributed by atoms with Gasteiger partial charge in [-0.15, -0.1) is 0 Å². The van der Waals surface area contributed by atoms with Crippen LogP contribution in [0, 0.1) is 19.8 Å². The van der Waals surface area contributed by atoms with Crippen molar-refractivity contribution in [2.24, 2.45) is 5.92 Å². The maximum Gasteiger partial charge on any atom is 0.134 e. The molecular weight excluding hydrogens is 326 g/mol. The molecule has 0 aliphatic carbocycles. The zero-order chi connectivity index (χ0) is 13.8. The molecule has 1 N–H and O–H groups in total. The van der Waals surface area contributed by atoms with E-state index in [1.807, 2.05) is 19.9 Å². The summed E-state index contributed by atoms with van der Waals surface area (Å²) in [6.45, 7) is 7.09. The van der Waals surface area contributed by atoms with Crippen molar-refractivity contribution < 1.29 is 4.74 Å². The first-order valence-electron chi connectivity index (χ1n) is 6.88. The number of benzene rings is 1. The Morgan fingerprint density at radius 1 is 1.47 bits per heavy atom. The van der Waals surface area contributed by atoms with Crippen LogP contribution in [0.15, 0.2) is 10.5 Å². The van der Waals surface area contributed by atoms with Crippen molar-refractivity contribution in [3.05, 3.63) is 26.7 Å². The van der Waals surface area contributed by atoms with Gasteiger partial charge in [-0.25, -0.2) is 0 Å². The average Bonchev–Trinajstić information content (AvgIpc) is 2.43. The van der Waals surface area contributed by atoms with Crippen molar-refractivity contribution in [3.8, 4) is 5.75 Å². The molecule has 106 valence electrons. The Morgan fingerprint density at radius 3 is 2.95 bits per heavy atom. The molecule has 1 heterocycles. The van der Waals surface area contributed by atoms with Crippen LogP contribution < -0.4 is 10.1 Å². The van der Waals surface area contributed by atoms with Gasteiger partial charge in [-0.1, -0.05) is 11.6 Å². The van der Waals surface area contributed by atoms with Gasteiger partial charge < -0.3 is 10.1 Å². The molecule has 1 fully saturated rings. The smallest absolute Gasteiger partial charge is 0.134 e. The number of hydrogen-bond donors (Lipinski definition) is 1. The Balaban J connectivity index is 1.92. The van der Waals surface area contributed by atoms with Gasteiger partial charge >= 0.3 is 0 Å². The molecule has 19 heavy (non-hydrogen) atoms. The Bertz CT molecular complexity index is 444. The first-order valence-corrected chi connectivity index (χ1v) is 8.05. The molecule has 4 heteroatoms. The van der Waals surface area contributed by atoms with Crippen LogP contribution in [0.25, 0.3) is 0 Å². The Morgan fingerprint density at radius 2 is 2.26 bits per heavy atom. The molecule has 1 aromatic rings. The summed E-state index contributed by atoms with van der Waals surface area (Å²) in [6.07, 6.45) is 3.71. The predicted molar refractivity (Wildman–Crippen MR) is 84.3 cm³/mol. The highest BCUT2D eigenvalue weighted by Gasteiger charge is 2.14. The number of nitrogens with one attached hydrogen (secondary N) is 1. The maximum atomic E-state index is 6.22. The topological polar surface area (TPSA) is 21.3 Å². The predicted octanol–water partition coefficient (Wildman–Crippen LogP) is 4.49. The first-order chi connectivity index (χ1) is 9.09. The van der Waals surface area contributed by atoms with Gasteiger partial charge in [0.15, 0.2) is 0 Å². The summed E-state index contributed by atoms with van der Waals surface area (Å²) in [5.41, 5.74) is 2.12. The van der Waals surface area contributed by atoms with Crippen molar-refractivity contribution in [1.82, 2.24) is 5.32 Å². The minimum absolute atomic E-state index is 0.752. The van der Waals surface area contributed by atoms with Crippen molar-refractivity contribution in [2.45, 2.75) is 33.1 Å². The van der Waals surface area contributed by atoms with Crippen LogP contribution in [0.4, 0.5) is 0 Å². The van der Waals surface area contributed by atoms with Crippen LogP contribution in [0.3, 0.4) is 0 Å². The van der Waals surface area contributed by atoms with E-state index in [1.54, 1.807) is 0 Å². The van der Waals surface area contributed by atoms with Crippen LogP contribution in [0.5, 0.6) is 5.75 Å². The molecule has 0 bridgehead atoms. The average molecular weight is 347 g/mol. The minimum atomic E-state index is 0.752. The molecule has 1 saturated heterocycles. The summed E-state index contributed by atoms with van der Waals surface area (Å²) < 4.78 is 6.90. The number of rotatable bonds is 4. The Hall–Kier alpha value is -0.250. The highest BCUT2D eigenvalue weighted by Crippen LogP contribution is 2.35. The maximum absolute atomic E-state index is 6.22. The van der Waals surface area contributed by atoms with Crippen LogP contribution >= 0.6 is 27.5 Å². The van der Waals surface area contributed by atoms with E-state index in [9.17, 15) is 0 Å². The van der Waals surface area contributed by atoms with E-state index in [1.165, 1.54) is 19.4 Å². The largest absolute Gasteiger partial charge is 0.492 e. The molecule has 1 atom stereocenters. The SMILES string of the molecule is Cc1cc(OCC[C@@H]2CCCNC2)c(Br)c(C)c1Cl. The third-order valence-electron chi connectivity index (χ3n) is 3.75. The zero-order valence-corrected chi connectivity index (χ0v) is 13.9. The van der Waals surface area contributed by atoms with Crippen molar-refractivity contribution >= 4 is 27.5 Å². The summed E-state index contributed by atoms with van der Waals surface area (Å²) in [5, 5.41) is 4.25. The van der Waals surface area contributed by atoms with Gasteiger partial charge in [0.1, 0.15) is 5.75 Å². The molecule has 0 unspecified atom stereocenters. The molecule has 0 amide bonds. The fourth-order valence-electron chi connectivity index (χ4n) is 2.51. The van der Waals surface area contributed by atoms with Crippen molar-refractivity contribution in [3.63, 3.8) is 0 Å². The van der Waals surface area contributed by atoms with Crippen molar-refractivity contribution in [2.75, 3.05) is 19.7 Å². The minimum Gasteiger partial charge on any atom is -0.492 e. The van der Waals surface area contributed by atoms with Gasteiger partial charge in [0.25, 0.3) is 0 Å². The molecule has 1 aromatic carbocycles. The standard InChI is InChI=1S/C15H21BrClNO/c1-10-8-13(14(16)11(2)15(10)17)19-7-5-12-4-3-6-18-9-12/h8,12,18H,3-7,9H2,1-2H3/t12-/m0/s1. The quantitative estimate of drug-likeness (QED) is 0.867. The number of ether oxygens (including phenoxy) is 1. The molecule has 0 spiro atoms. The van der Waals surface area contributed by atoms with Crippen molar-refractivity contribution in [1.29, 1.82) is 0 Å². The van der Waals surface area contributed by atoms with E-state index in [4.69, 9.17) is 16.3 Å². The lowest BCUT2D eigenvalue weighted by atomic mass is 9.97. The van der Waals surface area contributed by atoms with E-state index >= 15 is 0 Å². The second kappa shape index (κ2) is 6.96. The molecule has 1 aliphatic rings. The number of halogens is 2. The summed E-state index contributed by atoms with van der Waals surface area (Å²) in [5.74, 6) is 1.66. The fraction of sp³-hybridized carbons (Fsp3) is 0.600. The third-order valence-corrected chi connectivity index (χ3v) is 5.32. The van der Waals surface area contributed by atoms with Gasteiger partial charge in [-0.3, -0.25) is 0 Å². The summed E-state index contributed by atoms with van der Waals surface area (Å²) in [6, 6.07) is 2.01. The lowest BCUT2D eigenvalue weighted by molar-refractivity contribution is 0.253. The summed E-state index contributed by atoms with van der Waals surface area (Å²) in [7, 11) is 0. The van der Waals surface area contributed by atoms with Crippen LogP contribution in [0.1, 0.15) is 30.4 Å². The molecule has 0 aromatic heterocycles.